The molecule has 4 bridgehead atoms. The van der Waals surface area contributed by atoms with Gasteiger partial charge in [-0.25, -0.2) is 0 Å². The summed E-state index contributed by atoms with van der Waals surface area (Å²) in [5.41, 5.74) is 6.05. The van der Waals surface area contributed by atoms with E-state index in [1.807, 2.05) is 0 Å². The second kappa shape index (κ2) is 11.3. The van der Waals surface area contributed by atoms with Crippen LogP contribution in [0.3, 0.4) is 0 Å². The van der Waals surface area contributed by atoms with Crippen LogP contribution in [0.2, 0.25) is 0 Å². The molecule has 6 N–H and O–H groups in total. The van der Waals surface area contributed by atoms with Gasteiger partial charge in [0, 0.05) is 61.5 Å². The van der Waals surface area contributed by atoms with E-state index in [2.05, 4.69) is 108 Å². The molecule has 0 amide bonds. The van der Waals surface area contributed by atoms with E-state index in [1.165, 1.54) is 11.1 Å². The molecule has 37 heavy (non-hydrogen) atoms. The fourth-order valence-electron chi connectivity index (χ4n) is 4.66. The number of hydrogen-bond donors (Lipinski definition) is 6. The lowest BCUT2D eigenvalue weighted by atomic mass is 9.84. The van der Waals surface area contributed by atoms with E-state index in [0.717, 1.165) is 35.3 Å². The number of phenols is 2. The lowest BCUT2D eigenvalue weighted by molar-refractivity contribution is 0.316. The Labute approximate surface area is 224 Å². The van der Waals surface area contributed by atoms with E-state index in [9.17, 15) is 10.2 Å². The molecule has 2 aromatic carbocycles. The summed E-state index contributed by atoms with van der Waals surface area (Å²) in [5.74, 6) is 0.717. The minimum atomic E-state index is -0.0193. The number of rotatable bonds is 0. The first-order valence-corrected chi connectivity index (χ1v) is 13.7. The van der Waals surface area contributed by atoms with Gasteiger partial charge in [0.15, 0.2) is 0 Å². The molecule has 6 heteroatoms. The van der Waals surface area contributed by atoms with Crippen molar-refractivity contribution in [2.45, 2.75) is 105 Å². The molecule has 0 unspecified atom stereocenters. The number of aromatic hydroxyl groups is 2. The summed E-state index contributed by atoms with van der Waals surface area (Å²) in [7, 11) is 0. The summed E-state index contributed by atoms with van der Waals surface area (Å²) in [6.07, 6.45) is -0.0155. The van der Waals surface area contributed by atoms with Crippen molar-refractivity contribution in [2.75, 3.05) is 13.1 Å². The molecule has 0 aliphatic carbocycles. The standard InChI is InChI=1S/C31H50N4O2/c1-20-34-16-23-12-25(29(2,3)4)10-21(27(23)36)14-32-18-31(8,9)19-33-15-22-11-26(30(5,6)7)13-24(17-35-20)28(22)37/h10-13,20,32-37H,14-19H2,1-9H3. The number of nitrogens with one attached hydrogen (secondary N) is 4. The number of benzene rings is 2. The van der Waals surface area contributed by atoms with Crippen LogP contribution in [0.25, 0.3) is 0 Å². The zero-order chi connectivity index (χ0) is 27.6. The van der Waals surface area contributed by atoms with Gasteiger partial charge < -0.3 is 20.8 Å². The maximum atomic E-state index is 11.1. The summed E-state index contributed by atoms with van der Waals surface area (Å²) in [5, 5.41) is 36.5. The number of fused-ring (bicyclic) bond motifs is 4. The molecule has 1 heterocycles. The van der Waals surface area contributed by atoms with E-state index in [-0.39, 0.29) is 22.4 Å². The third kappa shape index (κ3) is 7.93. The van der Waals surface area contributed by atoms with E-state index < -0.39 is 0 Å². The zero-order valence-corrected chi connectivity index (χ0v) is 24.5. The van der Waals surface area contributed by atoms with Gasteiger partial charge in [-0.3, -0.25) is 10.6 Å². The van der Waals surface area contributed by atoms with E-state index in [1.54, 1.807) is 0 Å². The van der Waals surface area contributed by atoms with Gasteiger partial charge in [0.2, 0.25) is 0 Å². The second-order valence-electron chi connectivity index (χ2n) is 13.6. The maximum Gasteiger partial charge on any atom is 0.124 e. The molecule has 1 aliphatic heterocycles. The van der Waals surface area contributed by atoms with Crippen molar-refractivity contribution >= 4 is 0 Å². The molecular formula is C31H50N4O2. The summed E-state index contributed by atoms with van der Waals surface area (Å²) in [6.45, 7) is 23.7. The molecule has 1 aliphatic rings. The van der Waals surface area contributed by atoms with Gasteiger partial charge >= 0.3 is 0 Å². The molecule has 0 fully saturated rings. The van der Waals surface area contributed by atoms with Crippen LogP contribution in [0.4, 0.5) is 0 Å². The third-order valence-corrected chi connectivity index (χ3v) is 7.30. The number of hydrogen-bond acceptors (Lipinski definition) is 6. The van der Waals surface area contributed by atoms with E-state index in [0.29, 0.717) is 37.7 Å². The zero-order valence-electron chi connectivity index (χ0n) is 24.5. The summed E-state index contributed by atoms with van der Waals surface area (Å²) < 4.78 is 0. The van der Waals surface area contributed by atoms with Crippen LogP contribution in [0.5, 0.6) is 11.5 Å². The smallest absolute Gasteiger partial charge is 0.124 e. The van der Waals surface area contributed by atoms with Crippen LogP contribution in [-0.2, 0) is 37.0 Å². The summed E-state index contributed by atoms with van der Waals surface area (Å²) in [6, 6.07) is 8.52. The third-order valence-electron chi connectivity index (χ3n) is 7.30. The first-order chi connectivity index (χ1) is 17.1. The molecule has 0 aromatic heterocycles. The van der Waals surface area contributed by atoms with Gasteiger partial charge in [-0.2, -0.15) is 0 Å². The molecule has 206 valence electrons. The molecule has 3 rings (SSSR count). The average molecular weight is 511 g/mol. The Morgan fingerprint density at radius 3 is 1.30 bits per heavy atom. The van der Waals surface area contributed by atoms with E-state index >= 15 is 0 Å². The van der Waals surface area contributed by atoms with Gasteiger partial charge in [0.1, 0.15) is 11.5 Å². The van der Waals surface area contributed by atoms with Crippen LogP contribution < -0.4 is 21.3 Å². The highest BCUT2D eigenvalue weighted by atomic mass is 16.3. The first kappa shape index (κ1) is 29.4. The molecule has 2 aromatic rings. The molecule has 0 atom stereocenters. The monoisotopic (exact) mass is 510 g/mol. The lowest BCUT2D eigenvalue weighted by Gasteiger charge is -2.28. The van der Waals surface area contributed by atoms with Crippen LogP contribution in [-0.4, -0.2) is 29.5 Å². The largest absolute Gasteiger partial charge is 0.507 e. The average Bonchev–Trinajstić information content (AvgIpc) is 2.77. The van der Waals surface area contributed by atoms with Gasteiger partial charge in [0.05, 0.1) is 6.17 Å². The molecular weight excluding hydrogens is 460 g/mol. The van der Waals surface area contributed by atoms with Crippen LogP contribution in [0, 0.1) is 5.41 Å². The fraction of sp³-hybridized carbons (Fsp3) is 0.613. The summed E-state index contributed by atoms with van der Waals surface area (Å²) >= 11 is 0. The van der Waals surface area contributed by atoms with Crippen molar-refractivity contribution in [3.63, 3.8) is 0 Å². The van der Waals surface area contributed by atoms with Gasteiger partial charge in [-0.1, -0.05) is 79.7 Å². The quantitative estimate of drug-likeness (QED) is 0.294. The van der Waals surface area contributed by atoms with Crippen molar-refractivity contribution in [3.8, 4) is 11.5 Å². The Kier molecular flexibility index (Phi) is 9.01. The molecule has 0 spiro atoms. The lowest BCUT2D eigenvalue weighted by Crippen LogP contribution is -2.39. The van der Waals surface area contributed by atoms with Crippen LogP contribution >= 0.6 is 0 Å². The Bertz CT molecular complexity index is 997. The minimum Gasteiger partial charge on any atom is -0.507 e. The Hall–Kier alpha value is -2.12. The predicted octanol–water partition coefficient (Wildman–Crippen LogP) is 5.14. The van der Waals surface area contributed by atoms with Crippen LogP contribution in [0.1, 0.15) is 95.7 Å². The van der Waals surface area contributed by atoms with Gasteiger partial charge in [0.25, 0.3) is 0 Å². The van der Waals surface area contributed by atoms with Crippen molar-refractivity contribution < 1.29 is 10.2 Å². The Morgan fingerprint density at radius 2 is 0.973 bits per heavy atom. The van der Waals surface area contributed by atoms with Crippen molar-refractivity contribution in [1.82, 2.24) is 21.3 Å². The topological polar surface area (TPSA) is 88.6 Å². The molecule has 0 radical (unpaired) electrons. The van der Waals surface area contributed by atoms with Gasteiger partial charge in [-0.15, -0.1) is 0 Å². The highest BCUT2D eigenvalue weighted by Crippen LogP contribution is 2.33. The normalized spacial score (nSPS) is 18.7. The van der Waals surface area contributed by atoms with E-state index in [4.69, 9.17) is 0 Å². The first-order valence-electron chi connectivity index (χ1n) is 13.7. The van der Waals surface area contributed by atoms with Gasteiger partial charge in [-0.05, 0) is 34.3 Å². The second-order valence-corrected chi connectivity index (χ2v) is 13.6. The Balaban J connectivity index is 1.95. The molecule has 0 saturated carbocycles. The van der Waals surface area contributed by atoms with Crippen molar-refractivity contribution in [1.29, 1.82) is 0 Å². The molecule has 0 saturated heterocycles. The SMILES string of the molecule is CC1NCc2cc(C(C)(C)C)cc(c2O)CNCC(C)(C)CNCc2cc(C(C)(C)C)cc(c2O)CN1. The number of phenolic OH excluding ortho intramolecular Hbond substituents is 2. The highest BCUT2D eigenvalue weighted by molar-refractivity contribution is 5.47. The maximum absolute atomic E-state index is 11.1. The highest BCUT2D eigenvalue weighted by Gasteiger charge is 2.23. The molecule has 6 nitrogen and oxygen atoms in total. The summed E-state index contributed by atoms with van der Waals surface area (Å²) in [4.78, 5) is 0. The minimum absolute atomic E-state index is 0.00977. The van der Waals surface area contributed by atoms with Crippen molar-refractivity contribution in [2.24, 2.45) is 5.41 Å². The predicted molar refractivity (Wildman–Crippen MR) is 154 cm³/mol. The van der Waals surface area contributed by atoms with Crippen LogP contribution in [0.15, 0.2) is 24.3 Å². The Morgan fingerprint density at radius 1 is 0.649 bits per heavy atom. The van der Waals surface area contributed by atoms with Crippen molar-refractivity contribution in [3.05, 3.63) is 57.6 Å². The fourth-order valence-corrected chi connectivity index (χ4v) is 4.66.